The van der Waals surface area contributed by atoms with Crippen molar-refractivity contribution in [3.05, 3.63) is 46.6 Å². The maximum Gasteiger partial charge on any atom is 0.273 e. The predicted octanol–water partition coefficient (Wildman–Crippen LogP) is 0.872. The first-order valence-corrected chi connectivity index (χ1v) is 9.20. The van der Waals surface area contributed by atoms with Gasteiger partial charge in [0, 0.05) is 31.0 Å². The lowest BCUT2D eigenvalue weighted by Crippen LogP contribution is -2.55. The fraction of sp³-hybridized carbons (Fsp3) is 0.474. The van der Waals surface area contributed by atoms with E-state index in [0.29, 0.717) is 24.3 Å². The van der Waals surface area contributed by atoms with Gasteiger partial charge in [-0.15, -0.1) is 0 Å². The van der Waals surface area contributed by atoms with Gasteiger partial charge in [-0.05, 0) is 44.2 Å². The van der Waals surface area contributed by atoms with Crippen LogP contribution in [-0.2, 0) is 12.8 Å². The number of hydrogen-bond donors (Lipinski definition) is 2. The summed E-state index contributed by atoms with van der Waals surface area (Å²) in [4.78, 5) is 31.0. The van der Waals surface area contributed by atoms with Crippen molar-refractivity contribution in [3.63, 3.8) is 0 Å². The van der Waals surface area contributed by atoms with Crippen LogP contribution in [0.15, 0.2) is 22.9 Å². The lowest BCUT2D eigenvalue weighted by molar-refractivity contribution is 0.0313. The smallest absolute Gasteiger partial charge is 0.273 e. The van der Waals surface area contributed by atoms with Crippen LogP contribution < -0.4 is 5.32 Å². The number of piperidine rings is 1. The lowest BCUT2D eigenvalue weighted by atomic mass is 10.0. The van der Waals surface area contributed by atoms with Crippen molar-refractivity contribution in [2.75, 3.05) is 13.1 Å². The Kier molecular flexibility index (Phi) is 4.65. The molecule has 2 aromatic heterocycles. The Morgan fingerprint density at radius 2 is 2.19 bits per heavy atom. The summed E-state index contributed by atoms with van der Waals surface area (Å²) in [6.45, 7) is 2.32. The quantitative estimate of drug-likeness (QED) is 0.830. The second-order valence-corrected chi connectivity index (χ2v) is 7.19. The number of aliphatic hydroxyl groups excluding tert-OH is 1. The highest BCUT2D eigenvalue weighted by atomic mass is 16.5. The van der Waals surface area contributed by atoms with Crippen LogP contribution in [0.3, 0.4) is 0 Å². The first-order chi connectivity index (χ1) is 13.0. The van der Waals surface area contributed by atoms with E-state index in [1.165, 1.54) is 0 Å². The number of carbonyl (C=O) groups excluding carboxylic acids is 2. The number of aliphatic hydroxyl groups is 1. The topological polar surface area (TPSA) is 109 Å². The number of β-amino-alcohol motifs (C(OH)–C–C–N with tert-alkyl or cyclic N) is 1. The largest absolute Gasteiger partial charge is 0.389 e. The van der Waals surface area contributed by atoms with E-state index in [1.54, 1.807) is 24.1 Å². The molecule has 2 N–H and O–H groups in total. The molecular weight excluding hydrogens is 348 g/mol. The highest BCUT2D eigenvalue weighted by Gasteiger charge is 2.32. The van der Waals surface area contributed by atoms with Gasteiger partial charge in [-0.25, -0.2) is 0 Å². The molecule has 2 atom stereocenters. The summed E-state index contributed by atoms with van der Waals surface area (Å²) in [5.74, 6) is 0.0238. The van der Waals surface area contributed by atoms with Crippen LogP contribution in [0.25, 0.3) is 0 Å². The van der Waals surface area contributed by atoms with Gasteiger partial charge in [0.25, 0.3) is 11.8 Å². The number of hydrogen-bond acceptors (Lipinski definition) is 6. The molecule has 1 saturated heterocycles. The summed E-state index contributed by atoms with van der Waals surface area (Å²) in [5.41, 5.74) is 2.97. The van der Waals surface area contributed by atoms with E-state index in [4.69, 9.17) is 4.52 Å². The Labute approximate surface area is 156 Å². The van der Waals surface area contributed by atoms with Crippen molar-refractivity contribution in [3.8, 4) is 0 Å². The molecule has 0 spiro atoms. The Morgan fingerprint density at radius 3 is 2.93 bits per heavy atom. The summed E-state index contributed by atoms with van der Waals surface area (Å²) >= 11 is 0. The Bertz CT molecular complexity index is 878. The zero-order valence-electron chi connectivity index (χ0n) is 15.1. The van der Waals surface area contributed by atoms with E-state index >= 15 is 0 Å². The van der Waals surface area contributed by atoms with E-state index in [0.717, 1.165) is 30.5 Å². The summed E-state index contributed by atoms with van der Waals surface area (Å²) in [6, 6.07) is 3.03. The van der Waals surface area contributed by atoms with Gasteiger partial charge in [0.05, 0.1) is 17.7 Å². The van der Waals surface area contributed by atoms with Crippen LogP contribution in [0.2, 0.25) is 0 Å². The number of carbonyl (C=O) groups is 2. The molecule has 142 valence electrons. The number of amides is 2. The van der Waals surface area contributed by atoms with Gasteiger partial charge in [-0.1, -0.05) is 5.16 Å². The molecule has 8 nitrogen and oxygen atoms in total. The van der Waals surface area contributed by atoms with Crippen molar-refractivity contribution in [1.82, 2.24) is 20.4 Å². The van der Waals surface area contributed by atoms with Crippen LogP contribution in [0.5, 0.6) is 0 Å². The van der Waals surface area contributed by atoms with Crippen LogP contribution in [0, 0.1) is 6.92 Å². The van der Waals surface area contributed by atoms with E-state index in [1.807, 2.05) is 6.07 Å². The van der Waals surface area contributed by atoms with Gasteiger partial charge in [-0.2, -0.15) is 0 Å². The molecule has 2 aliphatic rings. The van der Waals surface area contributed by atoms with Crippen molar-refractivity contribution in [2.45, 2.75) is 44.8 Å². The van der Waals surface area contributed by atoms with Gasteiger partial charge in [0.2, 0.25) is 0 Å². The van der Waals surface area contributed by atoms with Crippen LogP contribution >= 0.6 is 0 Å². The molecule has 1 aliphatic heterocycles. The highest BCUT2D eigenvalue weighted by molar-refractivity contribution is 5.94. The molecule has 3 heterocycles. The van der Waals surface area contributed by atoms with Gasteiger partial charge < -0.3 is 19.8 Å². The number of aryl methyl sites for hydroxylation is 3. The Balaban J connectivity index is 1.38. The summed E-state index contributed by atoms with van der Waals surface area (Å²) < 4.78 is 4.90. The number of pyridine rings is 1. The molecule has 0 unspecified atom stereocenters. The number of likely N-dealkylation sites (tertiary alicyclic amines) is 1. The van der Waals surface area contributed by atoms with Gasteiger partial charge in [0.15, 0.2) is 5.69 Å². The maximum absolute atomic E-state index is 12.8. The SMILES string of the molecule is Cc1cc(C(=O)N[C@@H]2CCN(C(=O)c3cnc4c(c3)CCC4)C[C@H]2O)no1. The third-order valence-electron chi connectivity index (χ3n) is 5.21. The first kappa shape index (κ1) is 17.7. The third kappa shape index (κ3) is 3.57. The predicted molar refractivity (Wildman–Crippen MR) is 95.3 cm³/mol. The summed E-state index contributed by atoms with van der Waals surface area (Å²) in [6.07, 6.45) is 4.25. The molecular formula is C19H22N4O4. The molecule has 27 heavy (non-hydrogen) atoms. The van der Waals surface area contributed by atoms with Crippen LogP contribution in [-0.4, -0.2) is 57.2 Å². The van der Waals surface area contributed by atoms with Gasteiger partial charge in [-0.3, -0.25) is 14.6 Å². The van der Waals surface area contributed by atoms with Crippen molar-refractivity contribution in [1.29, 1.82) is 0 Å². The second-order valence-electron chi connectivity index (χ2n) is 7.19. The normalized spacial score (nSPS) is 21.8. The van der Waals surface area contributed by atoms with Crippen molar-refractivity contribution < 1.29 is 19.2 Å². The molecule has 2 aromatic rings. The molecule has 0 bridgehead atoms. The standard InChI is InChI=1S/C19H22N4O4/c1-11-7-16(22-27-11)18(25)21-15-5-6-23(10-17(15)24)19(26)13-8-12-3-2-4-14(12)20-9-13/h7-9,15,17,24H,2-6,10H2,1H3,(H,21,25)/t15-,17-/m1/s1. The van der Waals surface area contributed by atoms with E-state index in [-0.39, 0.29) is 18.1 Å². The lowest BCUT2D eigenvalue weighted by Gasteiger charge is -2.36. The van der Waals surface area contributed by atoms with Crippen molar-refractivity contribution >= 4 is 11.8 Å². The number of rotatable bonds is 3. The van der Waals surface area contributed by atoms with Crippen molar-refractivity contribution in [2.24, 2.45) is 0 Å². The van der Waals surface area contributed by atoms with Gasteiger partial charge >= 0.3 is 0 Å². The van der Waals surface area contributed by atoms with Crippen LogP contribution in [0.1, 0.15) is 50.7 Å². The molecule has 1 aliphatic carbocycles. The summed E-state index contributed by atoms with van der Waals surface area (Å²) in [7, 11) is 0. The van der Waals surface area contributed by atoms with E-state index in [2.05, 4.69) is 15.5 Å². The van der Waals surface area contributed by atoms with Crippen LogP contribution in [0.4, 0.5) is 0 Å². The number of aromatic nitrogens is 2. The zero-order chi connectivity index (χ0) is 19.0. The minimum Gasteiger partial charge on any atom is -0.389 e. The minimum absolute atomic E-state index is 0.131. The molecule has 0 aromatic carbocycles. The maximum atomic E-state index is 12.8. The molecule has 8 heteroatoms. The fourth-order valence-electron chi connectivity index (χ4n) is 3.73. The van der Waals surface area contributed by atoms with E-state index in [9.17, 15) is 14.7 Å². The fourth-order valence-corrected chi connectivity index (χ4v) is 3.73. The Morgan fingerprint density at radius 1 is 1.33 bits per heavy atom. The zero-order valence-corrected chi connectivity index (χ0v) is 15.1. The summed E-state index contributed by atoms with van der Waals surface area (Å²) in [5, 5.41) is 16.9. The second kappa shape index (κ2) is 7.11. The molecule has 1 fully saturated rings. The minimum atomic E-state index is -0.845. The van der Waals surface area contributed by atoms with E-state index < -0.39 is 18.1 Å². The highest BCUT2D eigenvalue weighted by Crippen LogP contribution is 2.22. The molecule has 0 radical (unpaired) electrons. The first-order valence-electron chi connectivity index (χ1n) is 9.20. The average Bonchev–Trinajstić information content (AvgIpc) is 3.30. The number of fused-ring (bicyclic) bond motifs is 1. The third-order valence-corrected chi connectivity index (χ3v) is 5.21. The Hall–Kier alpha value is -2.74. The average molecular weight is 370 g/mol. The number of nitrogens with zero attached hydrogens (tertiary/aromatic N) is 3. The van der Waals surface area contributed by atoms with Gasteiger partial charge in [0.1, 0.15) is 5.76 Å². The number of nitrogens with one attached hydrogen (secondary N) is 1. The molecule has 0 saturated carbocycles. The molecule has 2 amide bonds. The monoisotopic (exact) mass is 370 g/mol. The molecule has 4 rings (SSSR count).